The second-order valence-corrected chi connectivity index (χ2v) is 5.21. The number of hydrogen-bond acceptors (Lipinski definition) is 2. The SMILES string of the molecule is CCCCC1CCC(C[C@H](N)C(=O)O)CC1. The molecule has 3 nitrogen and oxygen atoms in total. The number of rotatable bonds is 6. The highest BCUT2D eigenvalue weighted by Crippen LogP contribution is 2.33. The first-order chi connectivity index (χ1) is 7.63. The van der Waals surface area contributed by atoms with Crippen molar-refractivity contribution in [3.8, 4) is 0 Å². The molecule has 16 heavy (non-hydrogen) atoms. The van der Waals surface area contributed by atoms with Crippen molar-refractivity contribution in [1.29, 1.82) is 0 Å². The third kappa shape index (κ3) is 4.52. The summed E-state index contributed by atoms with van der Waals surface area (Å²) < 4.78 is 0. The van der Waals surface area contributed by atoms with Gasteiger partial charge >= 0.3 is 5.97 Å². The van der Waals surface area contributed by atoms with Gasteiger partial charge in [-0.05, 0) is 18.3 Å². The minimum atomic E-state index is -0.854. The molecule has 0 aliphatic heterocycles. The number of unbranched alkanes of at least 4 members (excludes halogenated alkanes) is 1. The zero-order valence-corrected chi connectivity index (χ0v) is 10.3. The van der Waals surface area contributed by atoms with Gasteiger partial charge in [0.15, 0.2) is 0 Å². The molecule has 1 atom stereocenters. The zero-order chi connectivity index (χ0) is 12.0. The molecule has 0 unspecified atom stereocenters. The Morgan fingerprint density at radius 3 is 2.38 bits per heavy atom. The summed E-state index contributed by atoms with van der Waals surface area (Å²) in [7, 11) is 0. The summed E-state index contributed by atoms with van der Waals surface area (Å²) in [6.45, 7) is 2.23. The summed E-state index contributed by atoms with van der Waals surface area (Å²) in [5, 5.41) is 8.76. The Hall–Kier alpha value is -0.570. The van der Waals surface area contributed by atoms with Crippen LogP contribution in [0.4, 0.5) is 0 Å². The lowest BCUT2D eigenvalue weighted by Crippen LogP contribution is -2.33. The summed E-state index contributed by atoms with van der Waals surface area (Å²) in [5.74, 6) is 0.578. The Morgan fingerprint density at radius 2 is 1.88 bits per heavy atom. The number of carbonyl (C=O) groups is 1. The van der Waals surface area contributed by atoms with Gasteiger partial charge in [-0.1, -0.05) is 51.9 Å². The molecule has 0 amide bonds. The lowest BCUT2D eigenvalue weighted by Gasteiger charge is -2.29. The first-order valence-electron chi connectivity index (χ1n) is 6.61. The molecule has 0 saturated heterocycles. The van der Waals surface area contributed by atoms with Crippen LogP contribution in [0.2, 0.25) is 0 Å². The van der Waals surface area contributed by atoms with Crippen molar-refractivity contribution >= 4 is 5.97 Å². The van der Waals surface area contributed by atoms with Crippen LogP contribution >= 0.6 is 0 Å². The van der Waals surface area contributed by atoms with E-state index in [-0.39, 0.29) is 0 Å². The van der Waals surface area contributed by atoms with E-state index in [0.717, 1.165) is 5.92 Å². The van der Waals surface area contributed by atoms with E-state index in [1.807, 2.05) is 0 Å². The molecule has 1 aliphatic carbocycles. The maximum atomic E-state index is 10.7. The van der Waals surface area contributed by atoms with Crippen molar-refractivity contribution in [3.05, 3.63) is 0 Å². The van der Waals surface area contributed by atoms with Crippen LogP contribution in [0.3, 0.4) is 0 Å². The quantitative estimate of drug-likeness (QED) is 0.733. The number of carboxylic acid groups (broad SMARTS) is 1. The summed E-state index contributed by atoms with van der Waals surface area (Å²) in [5.41, 5.74) is 5.56. The lowest BCUT2D eigenvalue weighted by molar-refractivity contribution is -0.139. The monoisotopic (exact) mass is 227 g/mol. The van der Waals surface area contributed by atoms with E-state index in [0.29, 0.717) is 12.3 Å². The van der Waals surface area contributed by atoms with Gasteiger partial charge in [-0.15, -0.1) is 0 Å². The van der Waals surface area contributed by atoms with Gasteiger partial charge in [-0.2, -0.15) is 0 Å². The molecular formula is C13H25NO2. The van der Waals surface area contributed by atoms with Crippen molar-refractivity contribution in [2.75, 3.05) is 0 Å². The predicted octanol–water partition coefficient (Wildman–Crippen LogP) is 2.79. The Balaban J connectivity index is 2.19. The molecular weight excluding hydrogens is 202 g/mol. The van der Waals surface area contributed by atoms with Crippen LogP contribution in [0.5, 0.6) is 0 Å². The smallest absolute Gasteiger partial charge is 0.320 e. The number of aliphatic carboxylic acids is 1. The normalized spacial score (nSPS) is 27.6. The highest BCUT2D eigenvalue weighted by molar-refractivity contribution is 5.73. The highest BCUT2D eigenvalue weighted by Gasteiger charge is 2.24. The van der Waals surface area contributed by atoms with Crippen molar-refractivity contribution < 1.29 is 9.90 Å². The Bertz CT molecular complexity index is 210. The second-order valence-electron chi connectivity index (χ2n) is 5.21. The molecule has 0 heterocycles. The number of carboxylic acids is 1. The molecule has 1 saturated carbocycles. The van der Waals surface area contributed by atoms with Gasteiger partial charge in [0.1, 0.15) is 6.04 Å². The molecule has 0 aromatic rings. The maximum Gasteiger partial charge on any atom is 0.320 e. The molecule has 0 aromatic carbocycles. The zero-order valence-electron chi connectivity index (χ0n) is 10.3. The van der Waals surface area contributed by atoms with E-state index in [1.165, 1.54) is 44.9 Å². The van der Waals surface area contributed by atoms with Crippen LogP contribution < -0.4 is 5.73 Å². The number of hydrogen-bond donors (Lipinski definition) is 2. The van der Waals surface area contributed by atoms with Crippen LogP contribution in [0.1, 0.15) is 58.3 Å². The topological polar surface area (TPSA) is 63.3 Å². The predicted molar refractivity (Wildman–Crippen MR) is 65.2 cm³/mol. The molecule has 0 bridgehead atoms. The molecule has 3 N–H and O–H groups in total. The van der Waals surface area contributed by atoms with Gasteiger partial charge in [0.25, 0.3) is 0 Å². The van der Waals surface area contributed by atoms with E-state index in [2.05, 4.69) is 6.92 Å². The van der Waals surface area contributed by atoms with Crippen LogP contribution in [-0.4, -0.2) is 17.1 Å². The summed E-state index contributed by atoms with van der Waals surface area (Å²) in [4.78, 5) is 10.7. The lowest BCUT2D eigenvalue weighted by atomic mass is 9.77. The minimum absolute atomic E-state index is 0.545. The molecule has 1 rings (SSSR count). The second kappa shape index (κ2) is 6.89. The Kier molecular flexibility index (Phi) is 5.81. The first kappa shape index (κ1) is 13.5. The van der Waals surface area contributed by atoms with Gasteiger partial charge in [0, 0.05) is 0 Å². The average molecular weight is 227 g/mol. The average Bonchev–Trinajstić information content (AvgIpc) is 2.28. The first-order valence-corrected chi connectivity index (χ1v) is 6.61. The molecule has 0 radical (unpaired) electrons. The van der Waals surface area contributed by atoms with Crippen LogP contribution in [0, 0.1) is 11.8 Å². The van der Waals surface area contributed by atoms with Crippen LogP contribution in [0.15, 0.2) is 0 Å². The molecule has 3 heteroatoms. The minimum Gasteiger partial charge on any atom is -0.480 e. The Morgan fingerprint density at radius 1 is 1.31 bits per heavy atom. The molecule has 94 valence electrons. The summed E-state index contributed by atoms with van der Waals surface area (Å²) in [6, 6.07) is -0.655. The fraction of sp³-hybridized carbons (Fsp3) is 0.923. The summed E-state index contributed by atoms with van der Waals surface area (Å²) in [6.07, 6.45) is 9.54. The standard InChI is InChI=1S/C13H25NO2/c1-2-3-4-10-5-7-11(8-6-10)9-12(14)13(15)16/h10-12H,2-9,14H2,1H3,(H,15,16)/t10?,11?,12-/m0/s1. The van der Waals surface area contributed by atoms with Crippen molar-refractivity contribution in [2.24, 2.45) is 17.6 Å². The van der Waals surface area contributed by atoms with E-state index >= 15 is 0 Å². The third-order valence-corrected chi connectivity index (χ3v) is 3.84. The molecule has 0 aromatic heterocycles. The van der Waals surface area contributed by atoms with Crippen LogP contribution in [-0.2, 0) is 4.79 Å². The largest absolute Gasteiger partial charge is 0.480 e. The van der Waals surface area contributed by atoms with Gasteiger partial charge in [0.2, 0.25) is 0 Å². The van der Waals surface area contributed by atoms with Gasteiger partial charge < -0.3 is 10.8 Å². The van der Waals surface area contributed by atoms with Crippen molar-refractivity contribution in [3.63, 3.8) is 0 Å². The van der Waals surface area contributed by atoms with Crippen LogP contribution in [0.25, 0.3) is 0 Å². The Labute approximate surface area is 98.4 Å². The fourth-order valence-electron chi connectivity index (χ4n) is 2.71. The molecule has 1 aliphatic rings. The third-order valence-electron chi connectivity index (χ3n) is 3.84. The van der Waals surface area contributed by atoms with E-state index in [1.54, 1.807) is 0 Å². The van der Waals surface area contributed by atoms with E-state index in [4.69, 9.17) is 10.8 Å². The van der Waals surface area contributed by atoms with Gasteiger partial charge in [-0.25, -0.2) is 0 Å². The van der Waals surface area contributed by atoms with E-state index in [9.17, 15) is 4.79 Å². The maximum absolute atomic E-state index is 10.7. The number of nitrogens with two attached hydrogens (primary N) is 1. The van der Waals surface area contributed by atoms with E-state index < -0.39 is 12.0 Å². The van der Waals surface area contributed by atoms with Crippen molar-refractivity contribution in [1.82, 2.24) is 0 Å². The van der Waals surface area contributed by atoms with Gasteiger partial charge in [0.05, 0.1) is 0 Å². The molecule has 0 spiro atoms. The van der Waals surface area contributed by atoms with Crippen molar-refractivity contribution in [2.45, 2.75) is 64.3 Å². The molecule has 1 fully saturated rings. The summed E-state index contributed by atoms with van der Waals surface area (Å²) >= 11 is 0. The van der Waals surface area contributed by atoms with Gasteiger partial charge in [-0.3, -0.25) is 4.79 Å². The fourth-order valence-corrected chi connectivity index (χ4v) is 2.71. The highest BCUT2D eigenvalue weighted by atomic mass is 16.4.